The molecular weight excluding hydrogens is 495 g/mol. The molecule has 1 atom stereocenters. The van der Waals surface area contributed by atoms with Crippen molar-refractivity contribution in [3.8, 4) is 17.1 Å². The van der Waals surface area contributed by atoms with Gasteiger partial charge in [0.15, 0.2) is 5.03 Å². The summed E-state index contributed by atoms with van der Waals surface area (Å²) in [7, 11) is -4.28. The standard InChI is InChI=1S/C25H24F3N3O4S/c26-25(27,28)20-14-15-21-29-24(20)19-11-4-2-8-17(19)7-1-3-9-18(10-6-16-32)35-22-12-5-13-23(30-22)36(33,34)31-21/h1-2,4-5,7-8,11-15,18,32H,3,6,9-10,16H2,(H,29,31)/b7-1+. The lowest BCUT2D eigenvalue weighted by Gasteiger charge is -2.19. The summed E-state index contributed by atoms with van der Waals surface area (Å²) in [6, 6.07) is 12.5. The molecule has 2 N–H and O–H groups in total. The molecule has 7 nitrogen and oxygen atoms in total. The molecule has 2 aromatic heterocycles. The van der Waals surface area contributed by atoms with Crippen molar-refractivity contribution in [2.45, 2.75) is 43.0 Å². The van der Waals surface area contributed by atoms with E-state index in [1.165, 1.54) is 24.3 Å². The van der Waals surface area contributed by atoms with Gasteiger partial charge in [-0.2, -0.15) is 26.6 Å². The first-order valence-electron chi connectivity index (χ1n) is 11.3. The first kappa shape index (κ1) is 25.6. The fourth-order valence-electron chi connectivity index (χ4n) is 3.85. The van der Waals surface area contributed by atoms with E-state index in [9.17, 15) is 26.7 Å². The number of anilines is 1. The summed E-state index contributed by atoms with van der Waals surface area (Å²) in [6.07, 6.45) is 0.546. The highest BCUT2D eigenvalue weighted by Gasteiger charge is 2.35. The van der Waals surface area contributed by atoms with Gasteiger partial charge in [0.05, 0.1) is 11.3 Å². The molecule has 3 aromatic rings. The van der Waals surface area contributed by atoms with Gasteiger partial charge in [-0.15, -0.1) is 0 Å². The lowest BCUT2D eigenvalue weighted by atomic mass is 9.99. The Labute approximate surface area is 206 Å². The van der Waals surface area contributed by atoms with Crippen LogP contribution in [0.3, 0.4) is 0 Å². The number of hydrogen-bond donors (Lipinski definition) is 2. The number of aromatic nitrogens is 2. The van der Waals surface area contributed by atoms with Gasteiger partial charge < -0.3 is 9.84 Å². The van der Waals surface area contributed by atoms with Crippen molar-refractivity contribution < 1.29 is 31.4 Å². The second-order valence-corrected chi connectivity index (χ2v) is 9.81. The Morgan fingerprint density at radius 3 is 2.64 bits per heavy atom. The van der Waals surface area contributed by atoms with Crippen LogP contribution in [0.4, 0.5) is 19.0 Å². The van der Waals surface area contributed by atoms with Crippen molar-refractivity contribution in [3.05, 3.63) is 71.8 Å². The Kier molecular flexibility index (Phi) is 7.60. The number of ether oxygens (including phenoxy) is 1. The van der Waals surface area contributed by atoms with E-state index in [0.717, 1.165) is 12.1 Å². The van der Waals surface area contributed by atoms with Gasteiger partial charge in [-0.3, -0.25) is 4.72 Å². The third-order valence-corrected chi connectivity index (χ3v) is 6.81. The van der Waals surface area contributed by atoms with E-state index in [1.54, 1.807) is 24.3 Å². The molecule has 1 aliphatic rings. The van der Waals surface area contributed by atoms with Crippen molar-refractivity contribution >= 4 is 21.9 Å². The number of alkyl halides is 3. The summed E-state index contributed by atoms with van der Waals surface area (Å²) in [5.74, 6) is -0.193. The number of allylic oxidation sites excluding steroid dienone is 1. The van der Waals surface area contributed by atoms with Crippen LogP contribution >= 0.6 is 0 Å². The molecule has 11 heteroatoms. The minimum atomic E-state index is -4.70. The van der Waals surface area contributed by atoms with Crippen LogP contribution in [0.1, 0.15) is 36.8 Å². The number of benzene rings is 1. The molecule has 0 amide bonds. The largest absolute Gasteiger partial charge is 0.474 e. The fourth-order valence-corrected chi connectivity index (χ4v) is 4.81. The van der Waals surface area contributed by atoms with Gasteiger partial charge in [-0.25, -0.2) is 4.98 Å². The van der Waals surface area contributed by atoms with Crippen LogP contribution in [0.5, 0.6) is 5.88 Å². The number of sulfonamides is 1. The zero-order chi connectivity index (χ0) is 25.8. The van der Waals surface area contributed by atoms with Gasteiger partial charge >= 0.3 is 6.18 Å². The third kappa shape index (κ3) is 6.03. The van der Waals surface area contributed by atoms with E-state index in [2.05, 4.69) is 14.7 Å². The molecule has 0 aliphatic carbocycles. The van der Waals surface area contributed by atoms with Crippen molar-refractivity contribution in [2.24, 2.45) is 0 Å². The molecule has 36 heavy (non-hydrogen) atoms. The fraction of sp³-hybridized carbons (Fsp3) is 0.280. The maximum Gasteiger partial charge on any atom is 0.418 e. The second-order valence-electron chi connectivity index (χ2n) is 8.18. The van der Waals surface area contributed by atoms with Crippen LogP contribution in [0, 0.1) is 0 Å². The summed E-state index contributed by atoms with van der Waals surface area (Å²) >= 11 is 0. The normalized spacial score (nSPS) is 18.4. The van der Waals surface area contributed by atoms with E-state index in [1.807, 2.05) is 6.08 Å². The van der Waals surface area contributed by atoms with Crippen LogP contribution < -0.4 is 9.46 Å². The Morgan fingerprint density at radius 1 is 1.06 bits per heavy atom. The highest BCUT2D eigenvalue weighted by atomic mass is 32.2. The minimum Gasteiger partial charge on any atom is -0.474 e. The van der Waals surface area contributed by atoms with Crippen molar-refractivity contribution in [3.63, 3.8) is 0 Å². The molecule has 1 aromatic carbocycles. The van der Waals surface area contributed by atoms with Crippen molar-refractivity contribution in [1.29, 1.82) is 0 Å². The average molecular weight is 520 g/mol. The number of aliphatic hydroxyl groups is 1. The summed E-state index contributed by atoms with van der Waals surface area (Å²) < 4.78 is 75.8. The predicted octanol–water partition coefficient (Wildman–Crippen LogP) is 5.29. The molecule has 4 bridgehead atoms. The van der Waals surface area contributed by atoms with Gasteiger partial charge in [0.2, 0.25) is 5.88 Å². The van der Waals surface area contributed by atoms with Crippen molar-refractivity contribution in [2.75, 3.05) is 11.3 Å². The van der Waals surface area contributed by atoms with Crippen LogP contribution in [-0.2, 0) is 16.2 Å². The summed E-state index contributed by atoms with van der Waals surface area (Å²) in [4.78, 5) is 8.15. The predicted molar refractivity (Wildman–Crippen MR) is 129 cm³/mol. The molecule has 0 radical (unpaired) electrons. The second kappa shape index (κ2) is 10.7. The zero-order valence-electron chi connectivity index (χ0n) is 19.1. The van der Waals surface area contributed by atoms with Crippen LogP contribution in [0.25, 0.3) is 17.3 Å². The summed E-state index contributed by atoms with van der Waals surface area (Å²) in [5.41, 5.74) is -0.657. The van der Waals surface area contributed by atoms with Crippen LogP contribution in [0.15, 0.2) is 65.7 Å². The van der Waals surface area contributed by atoms with E-state index in [-0.39, 0.29) is 40.7 Å². The maximum atomic E-state index is 13.9. The van der Waals surface area contributed by atoms with E-state index in [4.69, 9.17) is 4.74 Å². The number of rotatable bonds is 3. The molecular formula is C25H24F3N3O4S. The monoisotopic (exact) mass is 519 g/mol. The lowest BCUT2D eigenvalue weighted by molar-refractivity contribution is -0.137. The minimum absolute atomic E-state index is 0.0267. The number of nitrogens with zero attached hydrogens (tertiary/aromatic N) is 2. The van der Waals surface area contributed by atoms with Gasteiger partial charge in [-0.05, 0) is 49.4 Å². The first-order valence-corrected chi connectivity index (χ1v) is 12.8. The molecule has 0 fully saturated rings. The quantitative estimate of drug-likeness (QED) is 0.488. The number of aliphatic hydroxyl groups excluding tert-OH is 1. The topological polar surface area (TPSA) is 101 Å². The number of halogens is 3. The number of hydrogen-bond acceptors (Lipinski definition) is 6. The van der Waals surface area contributed by atoms with Crippen LogP contribution in [-0.4, -0.2) is 36.2 Å². The Hall–Kier alpha value is -3.44. The number of nitrogens with one attached hydrogen (secondary N) is 1. The van der Waals surface area contributed by atoms with Gasteiger partial charge in [0, 0.05) is 18.2 Å². The van der Waals surface area contributed by atoms with Gasteiger partial charge in [0.1, 0.15) is 11.9 Å². The maximum absolute atomic E-state index is 13.9. The highest BCUT2D eigenvalue weighted by molar-refractivity contribution is 7.92. The smallest absolute Gasteiger partial charge is 0.418 e. The van der Waals surface area contributed by atoms with Crippen LogP contribution in [0.2, 0.25) is 0 Å². The molecule has 0 spiro atoms. The molecule has 3 heterocycles. The molecule has 190 valence electrons. The molecule has 1 unspecified atom stereocenters. The summed E-state index contributed by atoms with van der Waals surface area (Å²) in [6.45, 7) is -0.0267. The van der Waals surface area contributed by atoms with Crippen molar-refractivity contribution in [1.82, 2.24) is 9.97 Å². The molecule has 1 aliphatic heterocycles. The molecule has 0 saturated heterocycles. The highest BCUT2D eigenvalue weighted by Crippen LogP contribution is 2.38. The third-order valence-electron chi connectivity index (χ3n) is 5.55. The Balaban J connectivity index is 1.86. The Bertz CT molecular complexity index is 1360. The van der Waals surface area contributed by atoms with E-state index >= 15 is 0 Å². The van der Waals surface area contributed by atoms with Gasteiger partial charge in [-0.1, -0.05) is 42.5 Å². The van der Waals surface area contributed by atoms with Gasteiger partial charge in [0.25, 0.3) is 10.0 Å². The zero-order valence-corrected chi connectivity index (χ0v) is 19.9. The van der Waals surface area contributed by atoms with E-state index in [0.29, 0.717) is 31.2 Å². The average Bonchev–Trinajstić information content (AvgIpc) is 2.84. The lowest BCUT2D eigenvalue weighted by Crippen LogP contribution is -2.20. The number of fused-ring (bicyclic) bond motifs is 6. The molecule has 4 rings (SSSR count). The Morgan fingerprint density at radius 2 is 1.86 bits per heavy atom. The molecule has 0 saturated carbocycles. The SMILES string of the molecule is O=S1(=O)Nc2ccc(C(F)(F)F)c(n2)-c2ccccc2/C=C/CCC(CCCO)Oc2cccc1n2. The first-order chi connectivity index (χ1) is 17.2. The van der Waals surface area contributed by atoms with E-state index < -0.39 is 21.8 Å². The summed E-state index contributed by atoms with van der Waals surface area (Å²) in [5, 5.41) is 8.87. The number of pyridine rings is 2.